The highest BCUT2D eigenvalue weighted by molar-refractivity contribution is 5.91. The van der Waals surface area contributed by atoms with E-state index in [0.29, 0.717) is 11.8 Å². The van der Waals surface area contributed by atoms with Crippen LogP contribution in [0.25, 0.3) is 0 Å². The number of esters is 4. The van der Waals surface area contributed by atoms with Gasteiger partial charge in [0, 0.05) is 24.7 Å². The first kappa shape index (κ1) is 42.5. The van der Waals surface area contributed by atoms with E-state index in [9.17, 15) is 19.2 Å². The Morgan fingerprint density at radius 2 is 1.07 bits per heavy atom. The number of carbonyl (C=O) groups excluding carboxylic acids is 4. The second kappa shape index (κ2) is 17.8. The number of furan rings is 2. The molecule has 0 aliphatic heterocycles. The van der Waals surface area contributed by atoms with E-state index in [2.05, 4.69) is 39.8 Å². The smallest absolute Gasteiger partial charge is 0.317 e. The predicted octanol–water partition coefficient (Wildman–Crippen LogP) is 9.56. The van der Waals surface area contributed by atoms with Gasteiger partial charge in [-0.05, 0) is 146 Å². The van der Waals surface area contributed by atoms with Crippen molar-refractivity contribution in [3.05, 3.63) is 71.6 Å². The van der Waals surface area contributed by atoms with Gasteiger partial charge in [-0.15, -0.1) is 0 Å². The Hall–Kier alpha value is -4.08. The normalized spacial score (nSPS) is 32.2. The van der Waals surface area contributed by atoms with Crippen LogP contribution in [0.2, 0.25) is 0 Å². The molecule has 0 radical (unpaired) electrons. The van der Waals surface area contributed by atoms with Crippen molar-refractivity contribution in [2.24, 2.45) is 45.3 Å². The van der Waals surface area contributed by atoms with Gasteiger partial charge in [0.2, 0.25) is 0 Å². The Kier molecular flexibility index (Phi) is 13.3. The zero-order chi connectivity index (χ0) is 40.8. The van der Waals surface area contributed by atoms with Crippen molar-refractivity contribution in [2.75, 3.05) is 26.4 Å². The van der Waals surface area contributed by atoms with E-state index < -0.39 is 29.2 Å². The van der Waals surface area contributed by atoms with E-state index in [1.54, 1.807) is 25.1 Å². The van der Waals surface area contributed by atoms with Gasteiger partial charge in [0.15, 0.2) is 0 Å². The molecule has 312 valence electrons. The van der Waals surface area contributed by atoms with Crippen molar-refractivity contribution in [3.8, 4) is 0 Å². The van der Waals surface area contributed by atoms with E-state index in [-0.39, 0.29) is 61.0 Å². The number of allylic oxidation sites excluding steroid dienone is 2. The third-order valence-electron chi connectivity index (χ3n) is 15.4. The van der Waals surface area contributed by atoms with Crippen molar-refractivity contribution >= 4 is 23.9 Å². The number of carbonyl (C=O) groups is 4. The van der Waals surface area contributed by atoms with E-state index >= 15 is 0 Å². The maximum Gasteiger partial charge on any atom is 0.317 e. The van der Waals surface area contributed by atoms with Crippen LogP contribution in [-0.4, -0.2) is 50.3 Å². The fourth-order valence-corrected chi connectivity index (χ4v) is 11.6. The summed E-state index contributed by atoms with van der Waals surface area (Å²) in [5.41, 5.74) is 3.25. The average molecular weight is 789 g/mol. The monoisotopic (exact) mass is 788 g/mol. The molecular formula is C47H64O10. The molecule has 2 saturated carbocycles. The molecule has 2 aromatic rings. The maximum absolute atomic E-state index is 13.3. The van der Waals surface area contributed by atoms with Crippen molar-refractivity contribution < 1.29 is 47.0 Å². The molecule has 0 aromatic carbocycles. The molecule has 2 heterocycles. The van der Waals surface area contributed by atoms with E-state index in [1.165, 1.54) is 25.0 Å². The summed E-state index contributed by atoms with van der Waals surface area (Å²) < 4.78 is 34.0. The first-order valence-corrected chi connectivity index (χ1v) is 21.2. The summed E-state index contributed by atoms with van der Waals surface area (Å²) in [7, 11) is 0. The van der Waals surface area contributed by atoms with Crippen molar-refractivity contribution in [2.45, 2.75) is 125 Å². The number of ether oxygens (including phenoxy) is 4. The Balaban J connectivity index is 1.11. The molecule has 8 atom stereocenters. The molecule has 0 unspecified atom stereocenters. The van der Waals surface area contributed by atoms with Gasteiger partial charge >= 0.3 is 23.9 Å². The Morgan fingerprint density at radius 3 is 1.44 bits per heavy atom. The SMILES string of the molecule is CC(=O)OC[C@@]12CC[C@@H](C)[C@](C)(CCc3ccoc3)[C@H]1CCC=C2COC(=O)CC(=O)OCC1=CCC[C@H]2[C@@]1(COC(C)=O)CC[C@@H](C)[C@]2(C)CCc1ccoc1. The maximum atomic E-state index is 13.3. The molecule has 10 heteroatoms. The minimum atomic E-state index is -0.652. The average Bonchev–Trinajstić information content (AvgIpc) is 3.92. The quantitative estimate of drug-likeness (QED) is 0.0701. The van der Waals surface area contributed by atoms with Crippen LogP contribution in [0.5, 0.6) is 0 Å². The van der Waals surface area contributed by atoms with E-state index in [4.69, 9.17) is 27.8 Å². The lowest BCUT2D eigenvalue weighted by Gasteiger charge is -2.59. The van der Waals surface area contributed by atoms with Crippen LogP contribution in [0, 0.1) is 45.3 Å². The number of hydrogen-bond donors (Lipinski definition) is 0. The van der Waals surface area contributed by atoms with Crippen LogP contribution in [-0.2, 0) is 51.0 Å². The lowest BCUT2D eigenvalue weighted by Crippen LogP contribution is -2.54. The fraction of sp³-hybridized carbons (Fsp3) is 0.660. The van der Waals surface area contributed by atoms with Gasteiger partial charge in [0.05, 0.1) is 25.1 Å². The summed E-state index contributed by atoms with van der Waals surface area (Å²) in [5, 5.41) is 0. The number of fused-ring (bicyclic) bond motifs is 2. The molecule has 4 aliphatic rings. The first-order valence-electron chi connectivity index (χ1n) is 21.2. The van der Waals surface area contributed by atoms with Gasteiger partial charge in [-0.3, -0.25) is 19.2 Å². The third-order valence-corrected chi connectivity index (χ3v) is 15.4. The van der Waals surface area contributed by atoms with Gasteiger partial charge < -0.3 is 27.8 Å². The molecule has 57 heavy (non-hydrogen) atoms. The van der Waals surface area contributed by atoms with E-state index in [0.717, 1.165) is 88.2 Å². The Labute approximate surface area is 338 Å². The summed E-state index contributed by atoms with van der Waals surface area (Å²) in [6.07, 6.45) is 21.7. The standard InChI is InChI=1S/C47H64O10/c1-32-13-21-46(30-56-34(3)48)38(9-7-11-40(46)44(32,5)19-15-36-17-23-52-26-36)28-54-42(50)25-43(51)55-29-39-10-8-12-41-45(6,20-16-37-18-24-53-27-37)33(2)14-22-47(39,41)31-57-35(4)49/h9-10,17-18,23-24,26-27,32-33,40-41H,7-8,11-16,19-22,25,28-31H2,1-6H3/t32-,33-,40-,41-,44+,45+,46-,47-/m1/s1. The lowest BCUT2D eigenvalue weighted by molar-refractivity contribution is -0.159. The highest BCUT2D eigenvalue weighted by atomic mass is 16.6. The van der Waals surface area contributed by atoms with Gasteiger partial charge in [-0.1, -0.05) is 39.8 Å². The minimum Gasteiger partial charge on any atom is -0.472 e. The number of rotatable bonds is 16. The fourth-order valence-electron chi connectivity index (χ4n) is 11.6. The zero-order valence-electron chi connectivity index (χ0n) is 35.0. The molecule has 0 saturated heterocycles. The van der Waals surface area contributed by atoms with Gasteiger partial charge in [0.25, 0.3) is 0 Å². The van der Waals surface area contributed by atoms with Gasteiger partial charge in [0.1, 0.15) is 32.8 Å². The summed E-state index contributed by atoms with van der Waals surface area (Å²) in [5.74, 6) is -0.637. The van der Waals surface area contributed by atoms with Crippen molar-refractivity contribution in [3.63, 3.8) is 0 Å². The molecule has 6 rings (SSSR count). The van der Waals surface area contributed by atoms with Crippen LogP contribution in [0.15, 0.2) is 69.3 Å². The van der Waals surface area contributed by atoms with Gasteiger partial charge in [-0.25, -0.2) is 0 Å². The molecule has 2 aromatic heterocycles. The van der Waals surface area contributed by atoms with Crippen LogP contribution in [0.3, 0.4) is 0 Å². The third kappa shape index (κ3) is 9.00. The van der Waals surface area contributed by atoms with Crippen molar-refractivity contribution in [1.82, 2.24) is 0 Å². The highest BCUT2D eigenvalue weighted by Crippen LogP contribution is 2.63. The van der Waals surface area contributed by atoms with Crippen LogP contribution in [0.4, 0.5) is 0 Å². The number of aryl methyl sites for hydroxylation is 2. The summed E-state index contributed by atoms with van der Waals surface area (Å²) in [4.78, 5) is 51.1. The van der Waals surface area contributed by atoms with E-state index in [1.807, 2.05) is 12.1 Å². The highest BCUT2D eigenvalue weighted by Gasteiger charge is 2.58. The minimum absolute atomic E-state index is 0.0317. The predicted molar refractivity (Wildman–Crippen MR) is 213 cm³/mol. The lowest BCUT2D eigenvalue weighted by atomic mass is 9.46. The first-order chi connectivity index (χ1) is 27.2. The van der Waals surface area contributed by atoms with Crippen LogP contribution < -0.4 is 0 Å². The number of hydrogen-bond acceptors (Lipinski definition) is 10. The largest absolute Gasteiger partial charge is 0.472 e. The summed E-state index contributed by atoms with van der Waals surface area (Å²) in [6.45, 7) is 12.8. The molecule has 10 nitrogen and oxygen atoms in total. The summed E-state index contributed by atoms with van der Waals surface area (Å²) >= 11 is 0. The molecule has 0 N–H and O–H groups in total. The molecule has 0 bridgehead atoms. The van der Waals surface area contributed by atoms with Crippen LogP contribution in [0.1, 0.15) is 123 Å². The second-order valence-electron chi connectivity index (χ2n) is 18.2. The molecule has 0 amide bonds. The molecular weight excluding hydrogens is 725 g/mol. The Bertz CT molecular complexity index is 1640. The van der Waals surface area contributed by atoms with Gasteiger partial charge in [-0.2, -0.15) is 0 Å². The zero-order valence-corrected chi connectivity index (χ0v) is 35.0. The summed E-state index contributed by atoms with van der Waals surface area (Å²) in [6, 6.07) is 4.03. The second-order valence-corrected chi connectivity index (χ2v) is 18.2. The van der Waals surface area contributed by atoms with Crippen LogP contribution >= 0.6 is 0 Å². The molecule has 2 fully saturated rings. The topological polar surface area (TPSA) is 131 Å². The molecule has 4 aliphatic carbocycles. The van der Waals surface area contributed by atoms with Crippen molar-refractivity contribution in [1.29, 1.82) is 0 Å². The Morgan fingerprint density at radius 1 is 0.649 bits per heavy atom. The molecule has 0 spiro atoms.